The Morgan fingerprint density at radius 2 is 2.33 bits per heavy atom. The van der Waals surface area contributed by atoms with E-state index in [1.165, 1.54) is 7.11 Å². The topological polar surface area (TPSA) is 38.3 Å². The first-order chi connectivity index (χ1) is 5.81. The van der Waals surface area contributed by atoms with Crippen LogP contribution >= 0.6 is 0 Å². The normalized spacial score (nSPS) is 8.50. The molecule has 0 saturated heterocycles. The van der Waals surface area contributed by atoms with E-state index in [0.717, 1.165) is 13.0 Å². The average Bonchev–Trinajstić information content (AvgIpc) is 2.10. The zero-order chi connectivity index (χ0) is 9.23. The molecule has 0 unspecified atom stereocenters. The zero-order valence-corrected chi connectivity index (χ0v) is 7.64. The lowest BCUT2D eigenvalue weighted by molar-refractivity contribution is -0.140. The number of hydrogen-bond donors (Lipinski definition) is 1. The lowest BCUT2D eigenvalue weighted by atomic mass is 10.3. The molecule has 0 saturated carbocycles. The van der Waals surface area contributed by atoms with Crippen LogP contribution in [0.2, 0.25) is 0 Å². The number of rotatable bonds is 5. The van der Waals surface area contributed by atoms with Crippen molar-refractivity contribution in [3.63, 3.8) is 0 Å². The highest BCUT2D eigenvalue weighted by molar-refractivity contribution is 5.69. The fourth-order valence-corrected chi connectivity index (χ4v) is 0.699. The summed E-state index contributed by atoms with van der Waals surface area (Å²) in [4.78, 5) is 10.6. The van der Waals surface area contributed by atoms with Crippen molar-refractivity contribution in [2.75, 3.05) is 20.2 Å². The predicted molar refractivity (Wildman–Crippen MR) is 47.6 cm³/mol. The third kappa shape index (κ3) is 7.10. The van der Waals surface area contributed by atoms with Gasteiger partial charge in [-0.2, -0.15) is 0 Å². The van der Waals surface area contributed by atoms with Crippen LogP contribution in [-0.4, -0.2) is 26.2 Å². The molecule has 3 heteroatoms. The molecule has 0 amide bonds. The molecule has 68 valence electrons. The molecule has 0 radical (unpaired) electrons. The molecular weight excluding hydrogens is 154 g/mol. The van der Waals surface area contributed by atoms with Crippen molar-refractivity contribution in [1.29, 1.82) is 0 Å². The van der Waals surface area contributed by atoms with Gasteiger partial charge in [0.25, 0.3) is 0 Å². The van der Waals surface area contributed by atoms with Crippen LogP contribution in [0, 0.1) is 11.8 Å². The summed E-state index contributed by atoms with van der Waals surface area (Å²) in [5, 5.41) is 3.08. The number of ether oxygens (including phenoxy) is 1. The second-order valence-corrected chi connectivity index (χ2v) is 2.28. The van der Waals surface area contributed by atoms with Crippen LogP contribution in [0.3, 0.4) is 0 Å². The number of methoxy groups -OCH3 is 1. The van der Waals surface area contributed by atoms with Crippen LogP contribution < -0.4 is 5.32 Å². The van der Waals surface area contributed by atoms with Crippen molar-refractivity contribution >= 4 is 5.97 Å². The Bertz CT molecular complexity index is 179. The molecule has 0 aromatic carbocycles. The molecule has 0 heterocycles. The third-order valence-corrected chi connectivity index (χ3v) is 1.35. The van der Waals surface area contributed by atoms with Crippen molar-refractivity contribution in [2.45, 2.75) is 19.8 Å². The Kier molecular flexibility index (Phi) is 7.41. The summed E-state index contributed by atoms with van der Waals surface area (Å²) >= 11 is 0. The molecule has 0 spiro atoms. The van der Waals surface area contributed by atoms with Gasteiger partial charge in [0.05, 0.1) is 13.7 Å². The number of carbonyl (C=O) groups excluding carboxylic acids is 1. The molecule has 0 aliphatic carbocycles. The quantitative estimate of drug-likeness (QED) is 0.371. The van der Waals surface area contributed by atoms with E-state index in [0.29, 0.717) is 13.0 Å². The first-order valence-electron chi connectivity index (χ1n) is 3.98. The lowest BCUT2D eigenvalue weighted by Gasteiger charge is -1.99. The molecule has 12 heavy (non-hydrogen) atoms. The van der Waals surface area contributed by atoms with Crippen molar-refractivity contribution in [3.8, 4) is 11.8 Å². The zero-order valence-electron chi connectivity index (χ0n) is 7.64. The number of esters is 1. The van der Waals surface area contributed by atoms with Gasteiger partial charge in [-0.05, 0) is 19.9 Å². The highest BCUT2D eigenvalue weighted by atomic mass is 16.5. The second-order valence-electron chi connectivity index (χ2n) is 2.28. The first-order valence-corrected chi connectivity index (χ1v) is 3.98. The fourth-order valence-electron chi connectivity index (χ4n) is 0.699. The standard InChI is InChI=1S/C9H15NO2/c1-3-4-7-10-8-5-6-9(11)12-2/h10H,5-8H2,1-2H3. The molecular formula is C9H15NO2. The van der Waals surface area contributed by atoms with Gasteiger partial charge < -0.3 is 10.1 Å². The van der Waals surface area contributed by atoms with Crippen molar-refractivity contribution in [1.82, 2.24) is 5.32 Å². The van der Waals surface area contributed by atoms with Gasteiger partial charge in [-0.3, -0.25) is 4.79 Å². The summed E-state index contributed by atoms with van der Waals surface area (Å²) in [6, 6.07) is 0. The minimum Gasteiger partial charge on any atom is -0.469 e. The van der Waals surface area contributed by atoms with Crippen LogP contribution in [0.4, 0.5) is 0 Å². The predicted octanol–water partition coefficient (Wildman–Crippen LogP) is 0.552. The van der Waals surface area contributed by atoms with E-state index in [2.05, 4.69) is 21.9 Å². The maximum Gasteiger partial charge on any atom is 0.305 e. The van der Waals surface area contributed by atoms with Crippen LogP contribution in [-0.2, 0) is 9.53 Å². The van der Waals surface area contributed by atoms with Gasteiger partial charge in [0, 0.05) is 6.42 Å². The van der Waals surface area contributed by atoms with E-state index in [-0.39, 0.29) is 5.97 Å². The van der Waals surface area contributed by atoms with Crippen molar-refractivity contribution < 1.29 is 9.53 Å². The van der Waals surface area contributed by atoms with E-state index in [1.54, 1.807) is 6.92 Å². The lowest BCUT2D eigenvalue weighted by Crippen LogP contribution is -2.16. The van der Waals surface area contributed by atoms with Crippen LogP contribution in [0.1, 0.15) is 19.8 Å². The minimum absolute atomic E-state index is 0.154. The molecule has 3 nitrogen and oxygen atoms in total. The average molecular weight is 169 g/mol. The van der Waals surface area contributed by atoms with E-state index in [1.807, 2.05) is 0 Å². The molecule has 0 aromatic rings. The Labute approximate surface area is 73.5 Å². The number of carbonyl (C=O) groups is 1. The van der Waals surface area contributed by atoms with Crippen LogP contribution in [0.5, 0.6) is 0 Å². The minimum atomic E-state index is -0.154. The largest absolute Gasteiger partial charge is 0.469 e. The molecule has 0 bridgehead atoms. The Morgan fingerprint density at radius 3 is 2.92 bits per heavy atom. The Hall–Kier alpha value is -1.01. The van der Waals surface area contributed by atoms with E-state index < -0.39 is 0 Å². The number of hydrogen-bond acceptors (Lipinski definition) is 3. The summed E-state index contributed by atoms with van der Waals surface area (Å²) in [7, 11) is 1.40. The molecule has 1 N–H and O–H groups in total. The molecule has 0 fully saturated rings. The third-order valence-electron chi connectivity index (χ3n) is 1.35. The van der Waals surface area contributed by atoms with Gasteiger partial charge in [0.2, 0.25) is 0 Å². The molecule has 0 aliphatic heterocycles. The Balaban J connectivity index is 3.09. The first kappa shape index (κ1) is 11.0. The van der Waals surface area contributed by atoms with Gasteiger partial charge in [-0.25, -0.2) is 0 Å². The monoisotopic (exact) mass is 169 g/mol. The molecule has 0 atom stereocenters. The van der Waals surface area contributed by atoms with Crippen molar-refractivity contribution in [2.24, 2.45) is 0 Å². The molecule has 0 rings (SSSR count). The van der Waals surface area contributed by atoms with Gasteiger partial charge in [0.15, 0.2) is 0 Å². The highest BCUT2D eigenvalue weighted by Crippen LogP contribution is 1.88. The van der Waals surface area contributed by atoms with Gasteiger partial charge >= 0.3 is 5.97 Å². The van der Waals surface area contributed by atoms with E-state index in [4.69, 9.17) is 0 Å². The maximum absolute atomic E-state index is 10.6. The smallest absolute Gasteiger partial charge is 0.305 e. The highest BCUT2D eigenvalue weighted by Gasteiger charge is 1.97. The SMILES string of the molecule is CC#CCNCCCC(=O)OC. The van der Waals surface area contributed by atoms with E-state index >= 15 is 0 Å². The summed E-state index contributed by atoms with van der Waals surface area (Å²) in [5.74, 6) is 5.49. The van der Waals surface area contributed by atoms with Crippen LogP contribution in [0.15, 0.2) is 0 Å². The van der Waals surface area contributed by atoms with Gasteiger partial charge in [-0.15, -0.1) is 5.92 Å². The summed E-state index contributed by atoms with van der Waals surface area (Å²) in [6.07, 6.45) is 1.28. The van der Waals surface area contributed by atoms with Crippen LogP contribution in [0.25, 0.3) is 0 Å². The summed E-state index contributed by atoms with van der Waals surface area (Å²) in [5.41, 5.74) is 0. The summed E-state index contributed by atoms with van der Waals surface area (Å²) in [6.45, 7) is 3.30. The van der Waals surface area contributed by atoms with Gasteiger partial charge in [0.1, 0.15) is 0 Å². The van der Waals surface area contributed by atoms with Crippen molar-refractivity contribution in [3.05, 3.63) is 0 Å². The Morgan fingerprint density at radius 1 is 1.58 bits per heavy atom. The number of nitrogens with one attached hydrogen (secondary N) is 1. The molecule has 0 aromatic heterocycles. The second kappa shape index (κ2) is 8.09. The summed E-state index contributed by atoms with van der Waals surface area (Å²) < 4.78 is 4.48. The maximum atomic E-state index is 10.6. The van der Waals surface area contributed by atoms with E-state index in [9.17, 15) is 4.79 Å². The molecule has 0 aliphatic rings. The van der Waals surface area contributed by atoms with Gasteiger partial charge in [-0.1, -0.05) is 5.92 Å². The fraction of sp³-hybridized carbons (Fsp3) is 0.667.